The molecule has 0 saturated carbocycles. The highest BCUT2D eigenvalue weighted by atomic mass is 16.3. The first-order valence-corrected chi connectivity index (χ1v) is 8.63. The third-order valence-electron chi connectivity index (χ3n) is 4.37. The Kier molecular flexibility index (Phi) is 6.19. The van der Waals surface area contributed by atoms with E-state index in [1.807, 2.05) is 36.9 Å². The van der Waals surface area contributed by atoms with Gasteiger partial charge in [0.1, 0.15) is 0 Å². The third-order valence-corrected chi connectivity index (χ3v) is 4.37. The first-order valence-electron chi connectivity index (χ1n) is 8.63. The Morgan fingerprint density at radius 1 is 1.35 bits per heavy atom. The number of amides is 1. The normalized spacial score (nSPS) is 18.7. The number of likely N-dealkylation sites (tertiary alicyclic amines) is 1. The molecule has 1 atom stereocenters. The van der Waals surface area contributed by atoms with Crippen LogP contribution in [0.15, 0.2) is 30.3 Å². The zero-order chi connectivity index (χ0) is 16.9. The molecule has 1 N–H and O–H groups in total. The highest BCUT2D eigenvalue weighted by Crippen LogP contribution is 2.18. The minimum atomic E-state index is -0.765. The van der Waals surface area contributed by atoms with Crippen molar-refractivity contribution in [3.63, 3.8) is 0 Å². The molecule has 1 heterocycles. The lowest BCUT2D eigenvalue weighted by molar-refractivity contribution is -0.132. The maximum absolute atomic E-state index is 12.4. The molecule has 4 nitrogen and oxygen atoms in total. The fraction of sp³-hybridized carbons (Fsp3) is 0.632. The Balaban J connectivity index is 1.93. The largest absolute Gasteiger partial charge is 0.389 e. The summed E-state index contributed by atoms with van der Waals surface area (Å²) in [5.74, 6) is 0.240. The van der Waals surface area contributed by atoms with Crippen molar-refractivity contribution in [1.82, 2.24) is 9.80 Å². The summed E-state index contributed by atoms with van der Waals surface area (Å²) in [4.78, 5) is 16.6. The van der Waals surface area contributed by atoms with Gasteiger partial charge < -0.3 is 10.0 Å². The second-order valence-electron chi connectivity index (χ2n) is 7.34. The average Bonchev–Trinajstić information content (AvgIpc) is 2.90. The fourth-order valence-corrected chi connectivity index (χ4v) is 3.30. The van der Waals surface area contributed by atoms with E-state index in [4.69, 9.17) is 0 Å². The molecule has 128 valence electrons. The summed E-state index contributed by atoms with van der Waals surface area (Å²) in [6.45, 7) is 8.65. The van der Waals surface area contributed by atoms with Gasteiger partial charge in [-0.1, -0.05) is 30.3 Å². The molecular formula is C19H30N2O2. The summed E-state index contributed by atoms with van der Waals surface area (Å²) >= 11 is 0. The van der Waals surface area contributed by atoms with Crippen LogP contribution in [0.1, 0.15) is 45.6 Å². The number of nitrogens with zero attached hydrogens (tertiary/aromatic N) is 2. The number of hydrogen-bond acceptors (Lipinski definition) is 3. The molecule has 0 aromatic heterocycles. The van der Waals surface area contributed by atoms with Crippen LogP contribution in [0.4, 0.5) is 0 Å². The fourth-order valence-electron chi connectivity index (χ4n) is 3.30. The predicted octanol–water partition coefficient (Wildman–Crippen LogP) is 2.66. The van der Waals surface area contributed by atoms with Gasteiger partial charge in [-0.15, -0.1) is 0 Å². The lowest BCUT2D eigenvalue weighted by Crippen LogP contribution is -2.41. The molecule has 1 aliphatic rings. The van der Waals surface area contributed by atoms with Crippen molar-refractivity contribution in [3.8, 4) is 0 Å². The van der Waals surface area contributed by atoms with Crippen LogP contribution in [0.5, 0.6) is 0 Å². The highest BCUT2D eigenvalue weighted by Gasteiger charge is 2.26. The highest BCUT2D eigenvalue weighted by molar-refractivity contribution is 5.77. The summed E-state index contributed by atoms with van der Waals surface area (Å²) in [5.41, 5.74) is 0.442. The summed E-state index contributed by atoms with van der Waals surface area (Å²) in [6.07, 6.45) is 2.75. The summed E-state index contributed by atoms with van der Waals surface area (Å²) in [6, 6.07) is 10.6. The lowest BCUT2D eigenvalue weighted by Gasteiger charge is -2.30. The van der Waals surface area contributed by atoms with E-state index >= 15 is 0 Å². The van der Waals surface area contributed by atoms with Gasteiger partial charge in [0.15, 0.2) is 0 Å². The Hall–Kier alpha value is -1.39. The van der Waals surface area contributed by atoms with Crippen LogP contribution < -0.4 is 0 Å². The molecular weight excluding hydrogens is 288 g/mol. The van der Waals surface area contributed by atoms with Crippen LogP contribution in [0.3, 0.4) is 0 Å². The summed E-state index contributed by atoms with van der Waals surface area (Å²) in [7, 11) is 0. The quantitative estimate of drug-likeness (QED) is 0.840. The molecule has 2 rings (SSSR count). The minimum Gasteiger partial charge on any atom is -0.389 e. The number of rotatable bonds is 7. The van der Waals surface area contributed by atoms with Crippen LogP contribution in [0, 0.1) is 0 Å². The van der Waals surface area contributed by atoms with E-state index in [9.17, 15) is 9.90 Å². The topological polar surface area (TPSA) is 43.8 Å². The van der Waals surface area contributed by atoms with Crippen LogP contribution in [-0.2, 0) is 11.3 Å². The van der Waals surface area contributed by atoms with Crippen molar-refractivity contribution in [3.05, 3.63) is 35.9 Å². The van der Waals surface area contributed by atoms with E-state index in [-0.39, 0.29) is 5.91 Å². The van der Waals surface area contributed by atoms with Crippen molar-refractivity contribution in [2.75, 3.05) is 19.6 Å². The van der Waals surface area contributed by atoms with E-state index in [0.717, 1.165) is 25.9 Å². The third kappa shape index (κ3) is 5.96. The van der Waals surface area contributed by atoms with Crippen molar-refractivity contribution < 1.29 is 9.90 Å². The standard InChI is InChI=1S/C19H30N2O2/c1-16-8-7-12-21(16)18(22)11-13-20(15-19(2,3)23)14-17-9-5-4-6-10-17/h4-6,9-10,16,23H,7-8,11-15H2,1-3H3. The van der Waals surface area contributed by atoms with E-state index in [1.54, 1.807) is 0 Å². The molecule has 0 radical (unpaired) electrons. The molecule has 1 fully saturated rings. The van der Waals surface area contributed by atoms with Gasteiger partial charge in [-0.25, -0.2) is 0 Å². The molecule has 0 aliphatic carbocycles. The van der Waals surface area contributed by atoms with Crippen LogP contribution in [0.2, 0.25) is 0 Å². The predicted molar refractivity (Wildman–Crippen MR) is 93.0 cm³/mol. The van der Waals surface area contributed by atoms with Crippen LogP contribution >= 0.6 is 0 Å². The molecule has 23 heavy (non-hydrogen) atoms. The smallest absolute Gasteiger partial charge is 0.224 e. The van der Waals surface area contributed by atoms with Gasteiger partial charge in [-0.2, -0.15) is 0 Å². The first-order chi connectivity index (χ1) is 10.8. The van der Waals surface area contributed by atoms with Crippen molar-refractivity contribution in [2.24, 2.45) is 0 Å². The molecule has 1 saturated heterocycles. The minimum absolute atomic E-state index is 0.240. The van der Waals surface area contributed by atoms with Gasteiger partial charge in [0, 0.05) is 38.6 Å². The van der Waals surface area contributed by atoms with Crippen molar-refractivity contribution >= 4 is 5.91 Å². The molecule has 1 aliphatic heterocycles. The van der Waals surface area contributed by atoms with E-state index in [1.165, 1.54) is 5.56 Å². The summed E-state index contributed by atoms with van der Waals surface area (Å²) in [5, 5.41) is 10.1. The summed E-state index contributed by atoms with van der Waals surface area (Å²) < 4.78 is 0. The maximum atomic E-state index is 12.4. The van der Waals surface area contributed by atoms with Crippen LogP contribution in [0.25, 0.3) is 0 Å². The molecule has 1 aromatic rings. The maximum Gasteiger partial charge on any atom is 0.224 e. The van der Waals surface area contributed by atoms with E-state index in [0.29, 0.717) is 25.6 Å². The number of aliphatic hydroxyl groups is 1. The van der Waals surface area contributed by atoms with Gasteiger partial charge in [0.05, 0.1) is 5.60 Å². The molecule has 1 aromatic carbocycles. The Morgan fingerprint density at radius 3 is 2.61 bits per heavy atom. The SMILES string of the molecule is CC1CCCN1C(=O)CCN(Cc1ccccc1)CC(C)(C)O. The molecule has 0 spiro atoms. The van der Waals surface area contributed by atoms with Crippen molar-refractivity contribution in [2.45, 2.75) is 58.2 Å². The first kappa shape index (κ1) is 18.0. The molecule has 1 amide bonds. The van der Waals surface area contributed by atoms with Crippen molar-refractivity contribution in [1.29, 1.82) is 0 Å². The molecule has 1 unspecified atom stereocenters. The van der Waals surface area contributed by atoms with E-state index in [2.05, 4.69) is 24.0 Å². The zero-order valence-electron chi connectivity index (χ0n) is 14.7. The van der Waals surface area contributed by atoms with E-state index < -0.39 is 5.60 Å². The molecule has 4 heteroatoms. The monoisotopic (exact) mass is 318 g/mol. The second-order valence-corrected chi connectivity index (χ2v) is 7.34. The van der Waals surface area contributed by atoms with Gasteiger partial charge in [0.2, 0.25) is 5.91 Å². The van der Waals surface area contributed by atoms with Gasteiger partial charge >= 0.3 is 0 Å². The lowest BCUT2D eigenvalue weighted by atomic mass is 10.1. The number of hydrogen-bond donors (Lipinski definition) is 1. The zero-order valence-corrected chi connectivity index (χ0v) is 14.7. The van der Waals surface area contributed by atoms with Gasteiger partial charge in [-0.05, 0) is 39.2 Å². The van der Waals surface area contributed by atoms with Gasteiger partial charge in [-0.3, -0.25) is 9.69 Å². The second kappa shape index (κ2) is 7.93. The van der Waals surface area contributed by atoms with Crippen LogP contribution in [-0.4, -0.2) is 52.1 Å². The number of benzene rings is 1. The number of carbonyl (C=O) groups excluding carboxylic acids is 1. The average molecular weight is 318 g/mol. The Bertz CT molecular complexity index is 496. The Morgan fingerprint density at radius 2 is 2.04 bits per heavy atom. The molecule has 0 bridgehead atoms. The Labute approximate surface area is 140 Å². The number of carbonyl (C=O) groups is 1. The van der Waals surface area contributed by atoms with Gasteiger partial charge in [0.25, 0.3) is 0 Å².